The van der Waals surface area contributed by atoms with Crippen LogP contribution in [-0.4, -0.2) is 40.8 Å². The number of hydrogen-bond donors (Lipinski definition) is 0. The number of aromatic nitrogens is 8. The Hall–Kier alpha value is -7.31. The van der Waals surface area contributed by atoms with Crippen molar-refractivity contribution in [2.45, 2.75) is 0 Å². The molecule has 0 saturated carbocycles. The first-order valence-electron chi connectivity index (χ1n) is 15.8. The van der Waals surface area contributed by atoms with Crippen LogP contribution in [0.25, 0.3) is 78.9 Å². The lowest BCUT2D eigenvalue weighted by atomic mass is 9.90. The molecule has 0 aliphatic rings. The highest BCUT2D eigenvalue weighted by atomic mass is 15.3. The van der Waals surface area contributed by atoms with E-state index in [0.717, 1.165) is 55.6 Å². The van der Waals surface area contributed by atoms with Crippen LogP contribution in [0.15, 0.2) is 152 Å². The van der Waals surface area contributed by atoms with Gasteiger partial charge in [-0.2, -0.15) is 5.26 Å². The average Bonchev–Trinajstić information content (AvgIpc) is 3.21. The van der Waals surface area contributed by atoms with E-state index in [2.05, 4.69) is 65.1 Å². The molecule has 9 heteroatoms. The van der Waals surface area contributed by atoms with E-state index in [1.54, 1.807) is 6.07 Å². The lowest BCUT2D eigenvalue weighted by molar-refractivity contribution is 0.876. The van der Waals surface area contributed by atoms with Gasteiger partial charge in [0.1, 0.15) is 0 Å². The molecule has 0 atom stereocenters. The van der Waals surface area contributed by atoms with Crippen molar-refractivity contribution in [2.24, 2.45) is 0 Å². The van der Waals surface area contributed by atoms with Crippen molar-refractivity contribution >= 4 is 0 Å². The quantitative estimate of drug-likeness (QED) is 0.168. The predicted octanol–water partition coefficient (Wildman–Crippen LogP) is 8.39. The second-order valence-corrected chi connectivity index (χ2v) is 11.4. The second-order valence-electron chi connectivity index (χ2n) is 11.4. The van der Waals surface area contributed by atoms with Gasteiger partial charge >= 0.3 is 0 Å². The van der Waals surface area contributed by atoms with Gasteiger partial charge in [0.25, 0.3) is 0 Å². The zero-order valence-electron chi connectivity index (χ0n) is 26.5. The number of nitrogens with zero attached hydrogens (tertiary/aromatic N) is 9. The van der Waals surface area contributed by atoms with Crippen LogP contribution in [0.4, 0.5) is 0 Å². The van der Waals surface area contributed by atoms with Crippen molar-refractivity contribution in [3.05, 3.63) is 157 Å². The molecule has 8 rings (SSSR count). The summed E-state index contributed by atoms with van der Waals surface area (Å²) in [6.45, 7) is 0. The summed E-state index contributed by atoms with van der Waals surface area (Å²) in [5.41, 5.74) is 9.97. The van der Waals surface area contributed by atoms with Gasteiger partial charge in [-0.1, -0.05) is 133 Å². The van der Waals surface area contributed by atoms with Crippen LogP contribution in [0.5, 0.6) is 0 Å². The molecule has 0 fully saturated rings. The molecule has 2 aromatic heterocycles. The highest BCUT2D eigenvalue weighted by molar-refractivity contribution is 5.88. The van der Waals surface area contributed by atoms with Crippen LogP contribution in [-0.2, 0) is 0 Å². The fourth-order valence-electron chi connectivity index (χ4n) is 5.68. The summed E-state index contributed by atoms with van der Waals surface area (Å²) in [5, 5.41) is 44.1. The van der Waals surface area contributed by atoms with Gasteiger partial charge < -0.3 is 0 Å². The van der Waals surface area contributed by atoms with Crippen molar-refractivity contribution in [1.82, 2.24) is 40.8 Å². The summed E-state index contributed by atoms with van der Waals surface area (Å²) >= 11 is 0. The summed E-state index contributed by atoms with van der Waals surface area (Å²) in [6.07, 6.45) is 0. The summed E-state index contributed by atoms with van der Waals surface area (Å²) in [7, 11) is 0. The van der Waals surface area contributed by atoms with E-state index >= 15 is 0 Å². The molecule has 0 unspecified atom stereocenters. The van der Waals surface area contributed by atoms with E-state index in [9.17, 15) is 5.26 Å². The van der Waals surface area contributed by atoms with E-state index < -0.39 is 0 Å². The molecule has 0 aliphatic carbocycles. The number of benzene rings is 6. The fourth-order valence-corrected chi connectivity index (χ4v) is 5.68. The molecule has 0 saturated heterocycles. The normalized spacial score (nSPS) is 10.8. The van der Waals surface area contributed by atoms with Crippen LogP contribution < -0.4 is 0 Å². The second kappa shape index (κ2) is 13.4. The first kappa shape index (κ1) is 30.1. The van der Waals surface area contributed by atoms with Crippen LogP contribution in [0, 0.1) is 11.3 Å². The number of nitriles is 1. The SMILES string of the molecule is N#Cc1cccc(-c2ccc(-c3ccc(-c4nnc(-c5ccccc5)nn4)cc3)c(-c3ccc(-c4nnc(-c5ccccc5)nn4)cc3)c2)c1. The summed E-state index contributed by atoms with van der Waals surface area (Å²) < 4.78 is 0. The molecule has 50 heavy (non-hydrogen) atoms. The molecule has 6 aromatic carbocycles. The zero-order valence-corrected chi connectivity index (χ0v) is 26.5. The molecular formula is C41H25N9. The zero-order chi connectivity index (χ0) is 33.7. The van der Waals surface area contributed by atoms with E-state index in [4.69, 9.17) is 0 Å². The van der Waals surface area contributed by atoms with Gasteiger partial charge in [-0.3, -0.25) is 0 Å². The molecule has 0 spiro atoms. The molecule has 8 aromatic rings. The van der Waals surface area contributed by atoms with Crippen LogP contribution in [0.3, 0.4) is 0 Å². The topological polar surface area (TPSA) is 127 Å². The molecule has 0 aliphatic heterocycles. The van der Waals surface area contributed by atoms with Crippen LogP contribution in [0.2, 0.25) is 0 Å². The van der Waals surface area contributed by atoms with Gasteiger partial charge in [0.15, 0.2) is 0 Å². The molecule has 0 bridgehead atoms. The van der Waals surface area contributed by atoms with Crippen molar-refractivity contribution in [3.63, 3.8) is 0 Å². The van der Waals surface area contributed by atoms with Gasteiger partial charge in [0.2, 0.25) is 23.3 Å². The maximum Gasteiger partial charge on any atom is 0.203 e. The standard InChI is InChI=1S/C41H25N9/c42-26-27-8-7-13-34(24-27)35-22-23-36(28-14-18-32(19-15-28)40-47-43-38(44-48-40)30-9-3-1-4-10-30)37(25-35)29-16-20-33(21-17-29)41-49-45-39(46-50-41)31-11-5-2-6-12-31/h1-25H. The smallest absolute Gasteiger partial charge is 0.192 e. The Morgan fingerprint density at radius 2 is 0.660 bits per heavy atom. The van der Waals surface area contributed by atoms with E-state index in [0.29, 0.717) is 28.9 Å². The van der Waals surface area contributed by atoms with Gasteiger partial charge in [0, 0.05) is 22.3 Å². The minimum Gasteiger partial charge on any atom is -0.192 e. The molecule has 9 nitrogen and oxygen atoms in total. The van der Waals surface area contributed by atoms with Crippen LogP contribution in [0.1, 0.15) is 5.56 Å². The van der Waals surface area contributed by atoms with Crippen molar-refractivity contribution < 1.29 is 0 Å². The summed E-state index contributed by atoms with van der Waals surface area (Å²) in [4.78, 5) is 0. The van der Waals surface area contributed by atoms with Gasteiger partial charge in [-0.15, -0.1) is 40.8 Å². The monoisotopic (exact) mass is 643 g/mol. The Labute approximate surface area is 287 Å². The number of rotatable bonds is 7. The average molecular weight is 644 g/mol. The summed E-state index contributed by atoms with van der Waals surface area (Å²) in [5.74, 6) is 1.84. The van der Waals surface area contributed by atoms with Crippen molar-refractivity contribution in [3.8, 4) is 85.0 Å². The third-order valence-electron chi connectivity index (χ3n) is 8.27. The first-order chi connectivity index (χ1) is 24.7. The van der Waals surface area contributed by atoms with Crippen molar-refractivity contribution in [2.75, 3.05) is 0 Å². The predicted molar refractivity (Wildman–Crippen MR) is 192 cm³/mol. The lowest BCUT2D eigenvalue weighted by Gasteiger charge is -2.14. The minimum atomic E-state index is 0.442. The lowest BCUT2D eigenvalue weighted by Crippen LogP contribution is -1.99. The highest BCUT2D eigenvalue weighted by Crippen LogP contribution is 2.37. The number of hydrogen-bond acceptors (Lipinski definition) is 9. The molecule has 0 amide bonds. The third-order valence-corrected chi connectivity index (χ3v) is 8.27. The first-order valence-corrected chi connectivity index (χ1v) is 15.8. The molecular weight excluding hydrogens is 619 g/mol. The Balaban J connectivity index is 1.13. The Bertz CT molecular complexity index is 2440. The van der Waals surface area contributed by atoms with E-state index in [-0.39, 0.29) is 0 Å². The third kappa shape index (κ3) is 6.20. The Morgan fingerprint density at radius 1 is 0.300 bits per heavy atom. The maximum atomic E-state index is 9.51. The molecule has 2 heterocycles. The van der Waals surface area contributed by atoms with Crippen LogP contribution >= 0.6 is 0 Å². The molecule has 234 valence electrons. The van der Waals surface area contributed by atoms with Gasteiger partial charge in [-0.05, 0) is 51.6 Å². The van der Waals surface area contributed by atoms with Gasteiger partial charge in [-0.25, -0.2) is 0 Å². The Kier molecular flexibility index (Phi) is 8.07. The van der Waals surface area contributed by atoms with Gasteiger partial charge in [0.05, 0.1) is 11.6 Å². The van der Waals surface area contributed by atoms with E-state index in [1.807, 2.05) is 127 Å². The molecule has 0 N–H and O–H groups in total. The minimum absolute atomic E-state index is 0.442. The largest absolute Gasteiger partial charge is 0.203 e. The van der Waals surface area contributed by atoms with E-state index in [1.165, 1.54) is 0 Å². The molecule has 0 radical (unpaired) electrons. The fraction of sp³-hybridized carbons (Fsp3) is 0. The highest BCUT2D eigenvalue weighted by Gasteiger charge is 2.14. The maximum absolute atomic E-state index is 9.51. The Morgan fingerprint density at radius 3 is 1.12 bits per heavy atom. The van der Waals surface area contributed by atoms with Crippen molar-refractivity contribution in [1.29, 1.82) is 5.26 Å². The summed E-state index contributed by atoms with van der Waals surface area (Å²) in [6, 6.07) is 51.6.